The van der Waals surface area contributed by atoms with Gasteiger partial charge in [0.25, 0.3) is 0 Å². The standard InChI is InChI=1S/C25H29NO5/c1-3-30-25(28)18-7-6-8-20(13-18)26-16-19(15-24(26)27)17-11-12-22(29-2)23(14-17)31-21-9-4-5-10-21/h6-8,11-14,19,21H,3-5,9-10,15-16H2,1-2H3/t19-/m0/s1. The molecule has 0 spiro atoms. The van der Waals surface area contributed by atoms with Gasteiger partial charge >= 0.3 is 5.97 Å². The molecule has 6 nitrogen and oxygen atoms in total. The molecule has 1 amide bonds. The van der Waals surface area contributed by atoms with Crippen molar-refractivity contribution < 1.29 is 23.8 Å². The lowest BCUT2D eigenvalue weighted by atomic mass is 9.98. The Labute approximate surface area is 183 Å². The predicted octanol–water partition coefficient (Wildman–Crippen LogP) is 4.71. The smallest absolute Gasteiger partial charge is 0.338 e. The highest BCUT2D eigenvalue weighted by Crippen LogP contribution is 2.38. The molecule has 0 bridgehead atoms. The normalized spacial score (nSPS) is 19.0. The summed E-state index contributed by atoms with van der Waals surface area (Å²) in [7, 11) is 1.65. The van der Waals surface area contributed by atoms with E-state index in [-0.39, 0.29) is 23.9 Å². The van der Waals surface area contributed by atoms with Crippen molar-refractivity contribution in [3.8, 4) is 11.5 Å². The number of anilines is 1. The van der Waals surface area contributed by atoms with E-state index >= 15 is 0 Å². The molecule has 1 saturated carbocycles. The molecule has 1 aliphatic carbocycles. The van der Waals surface area contributed by atoms with Crippen molar-refractivity contribution in [1.29, 1.82) is 0 Å². The van der Waals surface area contributed by atoms with Gasteiger partial charge in [0, 0.05) is 24.6 Å². The van der Waals surface area contributed by atoms with Gasteiger partial charge in [-0.3, -0.25) is 4.79 Å². The summed E-state index contributed by atoms with van der Waals surface area (Å²) in [6.07, 6.45) is 5.18. The molecule has 2 aromatic rings. The monoisotopic (exact) mass is 423 g/mol. The number of benzene rings is 2. The second-order valence-electron chi connectivity index (χ2n) is 8.11. The summed E-state index contributed by atoms with van der Waals surface area (Å²) < 4.78 is 16.8. The molecule has 1 aliphatic heterocycles. The number of rotatable bonds is 7. The molecular weight excluding hydrogens is 394 g/mol. The van der Waals surface area contributed by atoms with Gasteiger partial charge in [-0.15, -0.1) is 0 Å². The first kappa shape index (κ1) is 21.2. The van der Waals surface area contributed by atoms with Crippen LogP contribution in [0, 0.1) is 0 Å². The van der Waals surface area contributed by atoms with Gasteiger partial charge in [-0.1, -0.05) is 12.1 Å². The molecule has 2 aliphatic rings. The minimum atomic E-state index is -0.378. The number of nitrogens with zero attached hydrogens (tertiary/aromatic N) is 1. The average molecular weight is 424 g/mol. The Morgan fingerprint density at radius 2 is 1.90 bits per heavy atom. The van der Waals surface area contributed by atoms with Gasteiger partial charge in [-0.25, -0.2) is 4.79 Å². The molecule has 2 aromatic carbocycles. The Hall–Kier alpha value is -3.02. The Kier molecular flexibility index (Phi) is 6.44. The van der Waals surface area contributed by atoms with Gasteiger partial charge in [0.2, 0.25) is 5.91 Å². The molecule has 0 aromatic heterocycles. The largest absolute Gasteiger partial charge is 0.493 e. The third-order valence-corrected chi connectivity index (χ3v) is 6.05. The molecule has 0 N–H and O–H groups in total. The maximum Gasteiger partial charge on any atom is 0.338 e. The van der Waals surface area contributed by atoms with Crippen molar-refractivity contribution in [2.24, 2.45) is 0 Å². The zero-order valence-electron chi connectivity index (χ0n) is 18.1. The molecule has 31 heavy (non-hydrogen) atoms. The SMILES string of the molecule is CCOC(=O)c1cccc(N2C[C@@H](c3ccc(OC)c(OC4CCCC4)c3)CC2=O)c1. The van der Waals surface area contributed by atoms with Crippen LogP contribution in [0.1, 0.15) is 60.9 Å². The number of amides is 1. The van der Waals surface area contributed by atoms with E-state index in [1.54, 1.807) is 37.1 Å². The zero-order chi connectivity index (χ0) is 21.8. The number of hydrogen-bond acceptors (Lipinski definition) is 5. The van der Waals surface area contributed by atoms with Crippen LogP contribution in [0.25, 0.3) is 0 Å². The number of methoxy groups -OCH3 is 1. The summed E-state index contributed by atoms with van der Waals surface area (Å²) in [4.78, 5) is 26.6. The van der Waals surface area contributed by atoms with Gasteiger partial charge < -0.3 is 19.1 Å². The van der Waals surface area contributed by atoms with Crippen LogP contribution in [-0.2, 0) is 9.53 Å². The quantitative estimate of drug-likeness (QED) is 0.603. The molecule has 0 radical (unpaired) electrons. The Balaban J connectivity index is 1.53. The summed E-state index contributed by atoms with van der Waals surface area (Å²) in [5, 5.41) is 0. The van der Waals surface area contributed by atoms with E-state index in [4.69, 9.17) is 14.2 Å². The third kappa shape index (κ3) is 4.68. The minimum Gasteiger partial charge on any atom is -0.493 e. The van der Waals surface area contributed by atoms with Gasteiger partial charge in [0.1, 0.15) is 0 Å². The molecule has 4 rings (SSSR count). The molecule has 2 fully saturated rings. The van der Waals surface area contributed by atoms with E-state index in [2.05, 4.69) is 0 Å². The van der Waals surface area contributed by atoms with Crippen LogP contribution in [0.4, 0.5) is 5.69 Å². The number of carbonyl (C=O) groups is 2. The van der Waals surface area contributed by atoms with Crippen LogP contribution < -0.4 is 14.4 Å². The van der Waals surface area contributed by atoms with Gasteiger partial charge in [0.05, 0.1) is 25.4 Å². The lowest BCUT2D eigenvalue weighted by molar-refractivity contribution is -0.117. The van der Waals surface area contributed by atoms with E-state index < -0.39 is 0 Å². The molecule has 1 atom stereocenters. The molecule has 164 valence electrons. The van der Waals surface area contributed by atoms with Crippen molar-refractivity contribution in [3.63, 3.8) is 0 Å². The van der Waals surface area contributed by atoms with Crippen molar-refractivity contribution in [1.82, 2.24) is 0 Å². The number of esters is 1. The summed E-state index contributed by atoms with van der Waals surface area (Å²) in [5.74, 6) is 1.19. The van der Waals surface area contributed by atoms with Gasteiger partial charge in [-0.2, -0.15) is 0 Å². The Morgan fingerprint density at radius 3 is 2.65 bits per heavy atom. The van der Waals surface area contributed by atoms with Crippen LogP contribution in [0.2, 0.25) is 0 Å². The maximum atomic E-state index is 12.8. The van der Waals surface area contributed by atoms with Crippen molar-refractivity contribution >= 4 is 17.6 Å². The van der Waals surface area contributed by atoms with Gasteiger partial charge in [0.15, 0.2) is 11.5 Å². The number of ether oxygens (including phenoxy) is 3. The van der Waals surface area contributed by atoms with Crippen LogP contribution in [-0.4, -0.2) is 38.2 Å². The van der Waals surface area contributed by atoms with E-state index in [1.165, 1.54) is 12.8 Å². The summed E-state index contributed by atoms with van der Waals surface area (Å²) >= 11 is 0. The molecule has 1 heterocycles. The summed E-state index contributed by atoms with van der Waals surface area (Å²) in [6, 6.07) is 13.0. The fourth-order valence-electron chi connectivity index (χ4n) is 4.42. The number of hydrogen-bond donors (Lipinski definition) is 0. The Morgan fingerprint density at radius 1 is 1.10 bits per heavy atom. The highest BCUT2D eigenvalue weighted by atomic mass is 16.5. The summed E-state index contributed by atoms with van der Waals surface area (Å²) in [6.45, 7) is 2.65. The highest BCUT2D eigenvalue weighted by Gasteiger charge is 2.32. The van der Waals surface area contributed by atoms with Crippen LogP contribution >= 0.6 is 0 Å². The fraction of sp³-hybridized carbons (Fsp3) is 0.440. The van der Waals surface area contributed by atoms with Crippen molar-refractivity contribution in [2.45, 2.75) is 51.0 Å². The highest BCUT2D eigenvalue weighted by molar-refractivity contribution is 5.98. The van der Waals surface area contributed by atoms with E-state index in [0.717, 1.165) is 29.9 Å². The second-order valence-corrected chi connectivity index (χ2v) is 8.11. The third-order valence-electron chi connectivity index (χ3n) is 6.05. The minimum absolute atomic E-state index is 0.0417. The van der Waals surface area contributed by atoms with E-state index in [1.807, 2.05) is 24.3 Å². The van der Waals surface area contributed by atoms with E-state index in [9.17, 15) is 9.59 Å². The molecule has 1 saturated heterocycles. The first-order valence-electron chi connectivity index (χ1n) is 11.0. The first-order valence-corrected chi connectivity index (χ1v) is 11.0. The second kappa shape index (κ2) is 9.41. The van der Waals surface area contributed by atoms with Gasteiger partial charge in [-0.05, 0) is 68.5 Å². The number of carbonyl (C=O) groups excluding carboxylic acids is 2. The van der Waals surface area contributed by atoms with E-state index in [0.29, 0.717) is 30.8 Å². The lowest BCUT2D eigenvalue weighted by Gasteiger charge is -2.19. The molecular formula is C25H29NO5. The fourth-order valence-corrected chi connectivity index (χ4v) is 4.42. The summed E-state index contributed by atoms with van der Waals surface area (Å²) in [5.41, 5.74) is 2.23. The zero-order valence-corrected chi connectivity index (χ0v) is 18.1. The topological polar surface area (TPSA) is 65.1 Å². The molecule has 6 heteroatoms. The van der Waals surface area contributed by atoms with Crippen molar-refractivity contribution in [2.75, 3.05) is 25.2 Å². The lowest BCUT2D eigenvalue weighted by Crippen LogP contribution is -2.24. The van der Waals surface area contributed by atoms with Crippen LogP contribution in [0.15, 0.2) is 42.5 Å². The maximum absolute atomic E-state index is 12.8. The predicted molar refractivity (Wildman–Crippen MR) is 118 cm³/mol. The van der Waals surface area contributed by atoms with Crippen LogP contribution in [0.3, 0.4) is 0 Å². The van der Waals surface area contributed by atoms with Crippen molar-refractivity contribution in [3.05, 3.63) is 53.6 Å². The first-order chi connectivity index (χ1) is 15.1. The van der Waals surface area contributed by atoms with Crippen LogP contribution in [0.5, 0.6) is 11.5 Å². The Bertz CT molecular complexity index is 951. The molecule has 0 unspecified atom stereocenters. The average Bonchev–Trinajstić information content (AvgIpc) is 3.43.